The molecule has 4 nitrogen and oxygen atoms in total. The van der Waals surface area contributed by atoms with Crippen LogP contribution in [0.4, 0.5) is 8.78 Å². The van der Waals surface area contributed by atoms with Gasteiger partial charge in [0.1, 0.15) is 0 Å². The molecule has 7 heteroatoms. The maximum absolute atomic E-state index is 12.1. The third-order valence-corrected chi connectivity index (χ3v) is 4.54. The summed E-state index contributed by atoms with van der Waals surface area (Å²) in [5.41, 5.74) is 0. The number of hydrogen-bond acceptors (Lipinski definition) is 3. The minimum absolute atomic E-state index is 0.0870. The fourth-order valence-corrected chi connectivity index (χ4v) is 2.83. The quantitative estimate of drug-likeness (QED) is 0.776. The van der Waals surface area contributed by atoms with Gasteiger partial charge in [-0.25, -0.2) is 17.2 Å². The predicted octanol–water partition coefficient (Wildman–Crippen LogP) is 0.496. The number of carbonyl (C=O) groups excluding carboxylic acids is 1. The van der Waals surface area contributed by atoms with E-state index in [1.807, 2.05) is 4.72 Å². The molecule has 2 saturated carbocycles. The third kappa shape index (κ3) is 2.27. The van der Waals surface area contributed by atoms with E-state index in [-0.39, 0.29) is 6.42 Å². The molecule has 0 heterocycles. The van der Waals surface area contributed by atoms with Gasteiger partial charge in [-0.1, -0.05) is 0 Å². The lowest BCUT2D eigenvalue weighted by Gasteiger charge is -2.04. The lowest BCUT2D eigenvalue weighted by atomic mass is 10.3. The van der Waals surface area contributed by atoms with Crippen molar-refractivity contribution < 1.29 is 22.0 Å². The van der Waals surface area contributed by atoms with Crippen molar-refractivity contribution in [3.8, 4) is 0 Å². The zero-order valence-corrected chi connectivity index (χ0v) is 8.64. The van der Waals surface area contributed by atoms with E-state index in [2.05, 4.69) is 0 Å². The molecule has 15 heavy (non-hydrogen) atoms. The van der Waals surface area contributed by atoms with Crippen LogP contribution in [0.25, 0.3) is 0 Å². The van der Waals surface area contributed by atoms with Gasteiger partial charge in [-0.15, -0.1) is 0 Å². The van der Waals surface area contributed by atoms with Crippen molar-refractivity contribution in [2.45, 2.75) is 30.9 Å². The van der Waals surface area contributed by atoms with E-state index in [0.29, 0.717) is 12.8 Å². The Morgan fingerprint density at radius 3 is 2.33 bits per heavy atom. The fourth-order valence-electron chi connectivity index (χ4n) is 1.47. The van der Waals surface area contributed by atoms with Crippen LogP contribution in [0.15, 0.2) is 0 Å². The molecule has 2 aliphatic rings. The van der Waals surface area contributed by atoms with Crippen LogP contribution in [-0.4, -0.2) is 26.0 Å². The molecule has 2 atom stereocenters. The largest absolute Gasteiger partial charge is 0.274 e. The van der Waals surface area contributed by atoms with Crippen LogP contribution in [-0.2, 0) is 14.8 Å². The molecule has 2 fully saturated rings. The van der Waals surface area contributed by atoms with E-state index in [1.54, 1.807) is 0 Å². The van der Waals surface area contributed by atoms with E-state index < -0.39 is 39.4 Å². The van der Waals surface area contributed by atoms with Gasteiger partial charge in [0.15, 0.2) is 0 Å². The standard InChI is InChI=1S/C8H11F2NO3S/c9-7(10)5-3-6(5)8(12)11-15(13,14)4-1-2-4/h4-7H,1-3H2,(H,11,12). The van der Waals surface area contributed by atoms with Gasteiger partial charge < -0.3 is 0 Å². The number of nitrogens with one attached hydrogen (secondary N) is 1. The van der Waals surface area contributed by atoms with Crippen LogP contribution < -0.4 is 4.72 Å². The maximum atomic E-state index is 12.1. The van der Waals surface area contributed by atoms with Gasteiger partial charge in [0, 0.05) is 11.8 Å². The highest BCUT2D eigenvalue weighted by Gasteiger charge is 2.50. The molecule has 1 amide bonds. The van der Waals surface area contributed by atoms with E-state index in [4.69, 9.17) is 0 Å². The van der Waals surface area contributed by atoms with Crippen LogP contribution in [0, 0.1) is 11.8 Å². The fraction of sp³-hybridized carbons (Fsp3) is 0.875. The lowest BCUT2D eigenvalue weighted by molar-refractivity contribution is -0.121. The molecular formula is C8H11F2NO3S. The second-order valence-electron chi connectivity index (χ2n) is 4.05. The summed E-state index contributed by atoms with van der Waals surface area (Å²) in [7, 11) is -3.58. The van der Waals surface area contributed by atoms with Gasteiger partial charge in [0.05, 0.1) is 5.25 Å². The van der Waals surface area contributed by atoms with Gasteiger partial charge in [0.25, 0.3) is 0 Å². The molecule has 0 saturated heterocycles. The van der Waals surface area contributed by atoms with E-state index in [0.717, 1.165) is 0 Å². The van der Waals surface area contributed by atoms with Gasteiger partial charge in [0.2, 0.25) is 22.4 Å². The summed E-state index contributed by atoms with van der Waals surface area (Å²) < 4.78 is 48.7. The Labute approximate surface area is 86.1 Å². The van der Waals surface area contributed by atoms with Crippen molar-refractivity contribution in [2.75, 3.05) is 0 Å². The number of carbonyl (C=O) groups is 1. The predicted molar refractivity (Wildman–Crippen MR) is 47.7 cm³/mol. The minimum Gasteiger partial charge on any atom is -0.274 e. The van der Waals surface area contributed by atoms with Crippen molar-refractivity contribution in [3.05, 3.63) is 0 Å². The summed E-state index contributed by atoms with van der Waals surface area (Å²) in [5, 5.41) is -0.495. The first-order chi connectivity index (χ1) is 6.92. The highest BCUT2D eigenvalue weighted by molar-refractivity contribution is 7.90. The van der Waals surface area contributed by atoms with E-state index >= 15 is 0 Å². The van der Waals surface area contributed by atoms with Crippen LogP contribution in [0.2, 0.25) is 0 Å². The van der Waals surface area contributed by atoms with Crippen LogP contribution in [0.3, 0.4) is 0 Å². The molecule has 0 aromatic carbocycles. The molecule has 1 N–H and O–H groups in total. The van der Waals surface area contributed by atoms with Gasteiger partial charge >= 0.3 is 0 Å². The maximum Gasteiger partial charge on any atom is 0.242 e. The number of halogens is 2. The summed E-state index contributed by atoms with van der Waals surface area (Å²) in [6, 6.07) is 0. The average molecular weight is 239 g/mol. The van der Waals surface area contributed by atoms with Crippen LogP contribution in [0.1, 0.15) is 19.3 Å². The van der Waals surface area contributed by atoms with E-state index in [9.17, 15) is 22.0 Å². The Bertz CT molecular complexity index is 377. The van der Waals surface area contributed by atoms with Gasteiger partial charge in [-0.3, -0.25) is 9.52 Å². The molecule has 86 valence electrons. The number of rotatable bonds is 4. The summed E-state index contributed by atoms with van der Waals surface area (Å²) in [4.78, 5) is 11.2. The molecule has 0 radical (unpaired) electrons. The van der Waals surface area contributed by atoms with Crippen LogP contribution >= 0.6 is 0 Å². The van der Waals surface area contributed by atoms with Crippen molar-refractivity contribution in [1.29, 1.82) is 0 Å². The van der Waals surface area contributed by atoms with Crippen LogP contribution in [0.5, 0.6) is 0 Å². The van der Waals surface area contributed by atoms with Crippen molar-refractivity contribution in [2.24, 2.45) is 11.8 Å². The Balaban J connectivity index is 1.89. The SMILES string of the molecule is O=C(NS(=O)(=O)C1CC1)C1CC1C(F)F. The molecule has 0 aromatic heterocycles. The highest BCUT2D eigenvalue weighted by atomic mass is 32.2. The highest BCUT2D eigenvalue weighted by Crippen LogP contribution is 2.43. The third-order valence-electron chi connectivity index (χ3n) is 2.71. The van der Waals surface area contributed by atoms with Gasteiger partial charge in [-0.05, 0) is 19.3 Å². The molecule has 2 unspecified atom stereocenters. The topological polar surface area (TPSA) is 63.2 Å². The Morgan fingerprint density at radius 1 is 1.33 bits per heavy atom. The molecule has 0 spiro atoms. The molecule has 2 rings (SSSR count). The number of sulfonamides is 1. The minimum atomic E-state index is -3.58. The van der Waals surface area contributed by atoms with Crippen molar-refractivity contribution in [3.63, 3.8) is 0 Å². The molecule has 0 aliphatic heterocycles. The monoisotopic (exact) mass is 239 g/mol. The Kier molecular flexibility index (Phi) is 2.44. The zero-order chi connectivity index (χ0) is 11.2. The first-order valence-corrected chi connectivity index (χ1v) is 6.30. The molecule has 0 aromatic rings. The number of alkyl halides is 2. The molecule has 2 aliphatic carbocycles. The summed E-state index contributed by atoms with van der Waals surface area (Å²) in [5.74, 6) is -2.55. The first-order valence-electron chi connectivity index (χ1n) is 4.75. The summed E-state index contributed by atoms with van der Waals surface area (Å²) in [6.07, 6.45) is -1.36. The summed E-state index contributed by atoms with van der Waals surface area (Å²) in [6.45, 7) is 0. The lowest BCUT2D eigenvalue weighted by Crippen LogP contribution is -2.34. The number of hydrogen-bond donors (Lipinski definition) is 1. The number of amides is 1. The zero-order valence-electron chi connectivity index (χ0n) is 7.82. The second-order valence-corrected chi connectivity index (χ2v) is 6.01. The smallest absolute Gasteiger partial charge is 0.242 e. The molecule has 0 bridgehead atoms. The molecular weight excluding hydrogens is 228 g/mol. The normalized spacial score (nSPS) is 30.3. The van der Waals surface area contributed by atoms with Crippen molar-refractivity contribution >= 4 is 15.9 Å². The first kappa shape index (κ1) is 10.8. The Hall–Kier alpha value is -0.720. The van der Waals surface area contributed by atoms with E-state index in [1.165, 1.54) is 0 Å². The summed E-state index contributed by atoms with van der Waals surface area (Å²) >= 11 is 0. The Morgan fingerprint density at radius 2 is 1.93 bits per heavy atom. The van der Waals surface area contributed by atoms with Crippen molar-refractivity contribution in [1.82, 2.24) is 4.72 Å². The second kappa shape index (κ2) is 3.40. The van der Waals surface area contributed by atoms with Gasteiger partial charge in [-0.2, -0.15) is 0 Å². The average Bonchev–Trinajstić information content (AvgIpc) is 2.98.